The van der Waals surface area contributed by atoms with Crippen LogP contribution in [0.2, 0.25) is 0 Å². The number of anilines is 2. The van der Waals surface area contributed by atoms with Crippen molar-refractivity contribution >= 4 is 34.9 Å². The number of hydrogen-bond donors (Lipinski definition) is 3. The van der Waals surface area contributed by atoms with Crippen LogP contribution in [-0.2, 0) is 9.59 Å². The van der Waals surface area contributed by atoms with E-state index in [4.69, 9.17) is 4.74 Å². The van der Waals surface area contributed by atoms with E-state index in [1.165, 1.54) is 11.0 Å². The van der Waals surface area contributed by atoms with E-state index in [0.717, 1.165) is 12.8 Å². The number of amides is 4. The molecule has 10 heteroatoms. The Morgan fingerprint density at radius 2 is 1.82 bits per heavy atom. The molecule has 0 saturated heterocycles. The topological polar surface area (TPSA) is 126 Å². The van der Waals surface area contributed by atoms with E-state index in [1.54, 1.807) is 37.5 Å². The van der Waals surface area contributed by atoms with E-state index in [2.05, 4.69) is 32.5 Å². The molecule has 5 rings (SSSR count). The highest BCUT2D eigenvalue weighted by Gasteiger charge is 2.33. The second-order valence-corrected chi connectivity index (χ2v) is 9.72. The van der Waals surface area contributed by atoms with Crippen LogP contribution in [0.25, 0.3) is 5.70 Å². The number of aryl methyl sites for hydroxylation is 1. The predicted octanol–water partition coefficient (Wildman–Crippen LogP) is 4.51. The van der Waals surface area contributed by atoms with Crippen LogP contribution in [0.3, 0.4) is 0 Å². The molecular weight excluding hydrogens is 508 g/mol. The van der Waals surface area contributed by atoms with E-state index in [-0.39, 0.29) is 23.9 Å². The van der Waals surface area contributed by atoms with Gasteiger partial charge < -0.3 is 20.7 Å². The summed E-state index contributed by atoms with van der Waals surface area (Å²) in [6, 6.07) is 14.0. The number of nitrogens with zero attached hydrogens (tertiary/aromatic N) is 3. The second kappa shape index (κ2) is 11.4. The van der Waals surface area contributed by atoms with Crippen LogP contribution in [0, 0.1) is 6.92 Å². The number of hydrogen-bond acceptors (Lipinski definition) is 6. The van der Waals surface area contributed by atoms with E-state index >= 15 is 0 Å². The van der Waals surface area contributed by atoms with E-state index in [0.29, 0.717) is 52.0 Å². The number of aromatic nitrogens is 2. The van der Waals surface area contributed by atoms with Gasteiger partial charge in [0.2, 0.25) is 17.7 Å². The molecule has 0 radical (unpaired) electrons. The minimum atomic E-state index is -0.424. The number of ether oxygens (including phenoxy) is 1. The number of fused-ring (bicyclic) bond motifs is 1. The standard InChI is InChI=1S/C30H30N6O4/c1-4-25(37)33-20-10-11-21(16-20)34-29(38)18(2)28-27-19(3)31-15-14-24(27)36(30(39)35-28)22-12-13-26(32-17-22)40-23-8-6-5-7-9-23/h4-9,12-15,17,20-21H,1,10-11,16H2,2-3H3,(H,33,37)(H,34,38)(H,35,39)/b28-18-/t20?,21-/m1/s1. The van der Waals surface area contributed by atoms with Gasteiger partial charge in [0, 0.05) is 41.2 Å². The van der Waals surface area contributed by atoms with E-state index in [1.807, 2.05) is 37.3 Å². The minimum Gasteiger partial charge on any atom is -0.439 e. The molecule has 40 heavy (non-hydrogen) atoms. The fourth-order valence-electron chi connectivity index (χ4n) is 5.01. The zero-order chi connectivity index (χ0) is 28.2. The van der Waals surface area contributed by atoms with Crippen molar-refractivity contribution in [3.63, 3.8) is 0 Å². The van der Waals surface area contributed by atoms with Gasteiger partial charge in [-0.3, -0.25) is 19.5 Å². The number of nitrogens with one attached hydrogen (secondary N) is 3. The molecule has 1 aliphatic heterocycles. The van der Waals surface area contributed by atoms with Gasteiger partial charge >= 0.3 is 6.03 Å². The number of carbonyl (C=O) groups excluding carboxylic acids is 3. The lowest BCUT2D eigenvalue weighted by molar-refractivity contribution is -0.118. The molecule has 3 aromatic rings. The highest BCUT2D eigenvalue weighted by Crippen LogP contribution is 2.38. The van der Waals surface area contributed by atoms with Gasteiger partial charge in [-0.25, -0.2) is 9.78 Å². The largest absolute Gasteiger partial charge is 0.439 e. The molecule has 2 aliphatic rings. The molecule has 0 spiro atoms. The van der Waals surface area contributed by atoms with Crippen LogP contribution >= 0.6 is 0 Å². The Balaban J connectivity index is 1.38. The number of urea groups is 1. The van der Waals surface area contributed by atoms with Gasteiger partial charge in [-0.05, 0) is 63.5 Å². The first-order valence-corrected chi connectivity index (χ1v) is 13.0. The molecule has 10 nitrogen and oxygen atoms in total. The monoisotopic (exact) mass is 538 g/mol. The highest BCUT2D eigenvalue weighted by molar-refractivity contribution is 6.13. The lowest BCUT2D eigenvalue weighted by atomic mass is 10.00. The van der Waals surface area contributed by atoms with Crippen LogP contribution in [0.15, 0.2) is 79.2 Å². The summed E-state index contributed by atoms with van der Waals surface area (Å²) in [7, 11) is 0. The summed E-state index contributed by atoms with van der Waals surface area (Å²) >= 11 is 0. The SMILES string of the molecule is C=CC(=O)NC1CC[C@@H](NC(=O)/C(C)=C2\NC(=O)N(c3ccc(Oc4ccccc4)nc3)c3ccnc(C)c32)C1. The number of benzene rings is 1. The molecule has 1 fully saturated rings. The van der Waals surface area contributed by atoms with Gasteiger partial charge in [0.25, 0.3) is 0 Å². The molecule has 2 atom stereocenters. The summed E-state index contributed by atoms with van der Waals surface area (Å²) in [5.74, 6) is 0.536. The average Bonchev–Trinajstić information content (AvgIpc) is 3.39. The summed E-state index contributed by atoms with van der Waals surface area (Å²) in [6.07, 6.45) is 6.57. The first-order chi connectivity index (χ1) is 19.3. The summed E-state index contributed by atoms with van der Waals surface area (Å²) in [5, 5.41) is 8.83. The average molecular weight is 539 g/mol. The van der Waals surface area contributed by atoms with Crippen LogP contribution in [0.4, 0.5) is 16.2 Å². The second-order valence-electron chi connectivity index (χ2n) is 9.72. The van der Waals surface area contributed by atoms with Gasteiger partial charge in [0.15, 0.2) is 0 Å². The lowest BCUT2D eigenvalue weighted by Gasteiger charge is -2.32. The predicted molar refractivity (Wildman–Crippen MR) is 151 cm³/mol. The van der Waals surface area contributed by atoms with Crippen molar-refractivity contribution < 1.29 is 19.1 Å². The van der Waals surface area contributed by atoms with Gasteiger partial charge in [-0.15, -0.1) is 0 Å². The zero-order valence-corrected chi connectivity index (χ0v) is 22.3. The maximum Gasteiger partial charge on any atom is 0.331 e. The van der Waals surface area contributed by atoms with Crippen LogP contribution in [-0.4, -0.2) is 39.9 Å². The number of rotatable bonds is 7. The summed E-state index contributed by atoms with van der Waals surface area (Å²) in [6.45, 7) is 6.99. The Morgan fingerprint density at radius 3 is 2.52 bits per heavy atom. The molecular formula is C30H30N6O4. The van der Waals surface area contributed by atoms with Gasteiger partial charge in [0.1, 0.15) is 5.75 Å². The smallest absolute Gasteiger partial charge is 0.331 e. The molecule has 2 aromatic heterocycles. The van der Waals surface area contributed by atoms with Crippen molar-refractivity contribution in [2.75, 3.05) is 4.90 Å². The summed E-state index contributed by atoms with van der Waals surface area (Å²) < 4.78 is 5.78. The van der Waals surface area contributed by atoms with Crippen molar-refractivity contribution in [2.24, 2.45) is 0 Å². The van der Waals surface area contributed by atoms with Gasteiger partial charge in [0.05, 0.1) is 23.3 Å². The van der Waals surface area contributed by atoms with E-state index in [9.17, 15) is 14.4 Å². The number of pyridine rings is 2. The zero-order valence-electron chi connectivity index (χ0n) is 22.3. The molecule has 0 bridgehead atoms. The molecule has 1 unspecified atom stereocenters. The summed E-state index contributed by atoms with van der Waals surface area (Å²) in [5.41, 5.74) is 3.21. The number of para-hydroxylation sites is 1. The Morgan fingerprint density at radius 1 is 1.07 bits per heavy atom. The van der Waals surface area contributed by atoms with Crippen molar-refractivity contribution in [1.82, 2.24) is 25.9 Å². The Bertz CT molecular complexity index is 1490. The third kappa shape index (κ3) is 5.56. The molecule has 4 amide bonds. The Hall–Kier alpha value is -4.99. The fourth-order valence-corrected chi connectivity index (χ4v) is 5.01. The molecule has 3 heterocycles. The third-order valence-corrected chi connectivity index (χ3v) is 7.00. The van der Waals surface area contributed by atoms with Crippen LogP contribution in [0.5, 0.6) is 11.6 Å². The van der Waals surface area contributed by atoms with E-state index < -0.39 is 6.03 Å². The Kier molecular flexibility index (Phi) is 7.59. The van der Waals surface area contributed by atoms with Crippen molar-refractivity contribution in [2.45, 2.75) is 45.2 Å². The lowest BCUT2D eigenvalue weighted by Crippen LogP contribution is -2.43. The quantitative estimate of drug-likeness (QED) is 0.380. The maximum atomic E-state index is 13.4. The molecule has 1 aromatic carbocycles. The molecule has 204 valence electrons. The third-order valence-electron chi connectivity index (χ3n) is 7.00. The first kappa shape index (κ1) is 26.6. The van der Waals surface area contributed by atoms with Gasteiger partial charge in [-0.2, -0.15) is 0 Å². The van der Waals surface area contributed by atoms with Crippen molar-refractivity contribution in [1.29, 1.82) is 0 Å². The van der Waals surface area contributed by atoms with Gasteiger partial charge in [-0.1, -0.05) is 24.8 Å². The molecule has 1 saturated carbocycles. The van der Waals surface area contributed by atoms with Crippen molar-refractivity contribution in [3.8, 4) is 11.6 Å². The van der Waals surface area contributed by atoms with Crippen molar-refractivity contribution in [3.05, 3.63) is 90.4 Å². The molecule has 1 aliphatic carbocycles. The van der Waals surface area contributed by atoms with Crippen LogP contribution in [0.1, 0.15) is 37.4 Å². The highest BCUT2D eigenvalue weighted by atomic mass is 16.5. The minimum absolute atomic E-state index is 0.0167. The van der Waals surface area contributed by atoms with Crippen LogP contribution < -0.4 is 25.6 Å². The summed E-state index contributed by atoms with van der Waals surface area (Å²) in [4.78, 5) is 48.6. The molecule has 3 N–H and O–H groups in total. The number of carbonyl (C=O) groups is 3. The maximum absolute atomic E-state index is 13.4. The first-order valence-electron chi connectivity index (χ1n) is 13.0. The fraction of sp³-hybridized carbons (Fsp3) is 0.233. The normalized spacial score (nSPS) is 19.2. The Labute approximate surface area is 232 Å².